The van der Waals surface area contributed by atoms with E-state index >= 15 is 0 Å². The number of ether oxygens (including phenoxy) is 3. The zero-order chi connectivity index (χ0) is 19.4. The predicted octanol–water partition coefficient (Wildman–Crippen LogP) is 1.44. The molecule has 1 heterocycles. The first-order valence-corrected chi connectivity index (χ1v) is 9.22. The molecular formula is C19H27N3O5. The third kappa shape index (κ3) is 4.27. The number of carbonyl (C=O) groups is 2. The third-order valence-corrected chi connectivity index (χ3v) is 5.16. The maximum Gasteiger partial charge on any atom is 0.237 e. The van der Waals surface area contributed by atoms with Crippen LogP contribution in [0.5, 0.6) is 17.2 Å². The lowest BCUT2D eigenvalue weighted by atomic mass is 9.87. The zero-order valence-corrected chi connectivity index (χ0v) is 16.0. The fourth-order valence-electron chi connectivity index (χ4n) is 3.82. The van der Waals surface area contributed by atoms with Crippen molar-refractivity contribution in [1.29, 1.82) is 0 Å². The minimum Gasteiger partial charge on any atom is -0.493 e. The van der Waals surface area contributed by atoms with Gasteiger partial charge in [-0.2, -0.15) is 0 Å². The molecule has 0 spiro atoms. The predicted molar refractivity (Wildman–Crippen MR) is 100 cm³/mol. The number of hydrogen-bond donors (Lipinski definition) is 3. The highest BCUT2D eigenvalue weighted by molar-refractivity contribution is 5.96. The lowest BCUT2D eigenvalue weighted by Crippen LogP contribution is -2.65. The van der Waals surface area contributed by atoms with Gasteiger partial charge in [-0.3, -0.25) is 9.59 Å². The average Bonchev–Trinajstić information content (AvgIpc) is 2.67. The van der Waals surface area contributed by atoms with Gasteiger partial charge in [0.25, 0.3) is 0 Å². The molecule has 0 radical (unpaired) electrons. The van der Waals surface area contributed by atoms with Crippen molar-refractivity contribution >= 4 is 17.5 Å². The smallest absolute Gasteiger partial charge is 0.237 e. The second kappa shape index (κ2) is 8.47. The Hall–Kier alpha value is -2.48. The van der Waals surface area contributed by atoms with Gasteiger partial charge in [-0.15, -0.1) is 0 Å². The number of hydrogen-bond acceptors (Lipinski definition) is 6. The van der Waals surface area contributed by atoms with Gasteiger partial charge in [-0.05, 0) is 12.8 Å². The highest BCUT2D eigenvalue weighted by Gasteiger charge is 2.37. The van der Waals surface area contributed by atoms with Crippen LogP contribution in [-0.4, -0.2) is 51.3 Å². The first kappa shape index (κ1) is 19.3. The van der Waals surface area contributed by atoms with Crippen molar-refractivity contribution in [3.05, 3.63) is 12.1 Å². The summed E-state index contributed by atoms with van der Waals surface area (Å²) in [5, 5.41) is 9.20. The van der Waals surface area contributed by atoms with Gasteiger partial charge < -0.3 is 30.2 Å². The van der Waals surface area contributed by atoms with Gasteiger partial charge >= 0.3 is 0 Å². The van der Waals surface area contributed by atoms with Crippen LogP contribution in [0, 0.1) is 0 Å². The number of fused-ring (bicyclic) bond motifs is 1. The van der Waals surface area contributed by atoms with Crippen molar-refractivity contribution < 1.29 is 23.8 Å². The molecule has 27 heavy (non-hydrogen) atoms. The fourth-order valence-corrected chi connectivity index (χ4v) is 3.82. The summed E-state index contributed by atoms with van der Waals surface area (Å²) in [5.41, 5.74) is 0.515. The van der Waals surface area contributed by atoms with E-state index in [1.807, 2.05) is 0 Å². The van der Waals surface area contributed by atoms with Gasteiger partial charge in [-0.1, -0.05) is 12.8 Å². The maximum atomic E-state index is 12.5. The summed E-state index contributed by atoms with van der Waals surface area (Å²) >= 11 is 0. The second-order valence-electron chi connectivity index (χ2n) is 6.89. The van der Waals surface area contributed by atoms with Gasteiger partial charge in [0.05, 0.1) is 33.8 Å². The van der Waals surface area contributed by atoms with Crippen molar-refractivity contribution in [2.75, 3.05) is 26.6 Å². The Morgan fingerprint density at radius 1 is 1.07 bits per heavy atom. The molecule has 8 heteroatoms. The number of nitrogens with one attached hydrogen (secondary N) is 3. The summed E-state index contributed by atoms with van der Waals surface area (Å²) in [4.78, 5) is 24.8. The Morgan fingerprint density at radius 3 is 2.30 bits per heavy atom. The van der Waals surface area contributed by atoms with Crippen LogP contribution in [0.15, 0.2) is 12.1 Å². The number of amides is 2. The molecule has 1 saturated heterocycles. The Kier molecular flexibility index (Phi) is 6.05. The molecule has 3 rings (SSSR count). The van der Waals surface area contributed by atoms with Crippen LogP contribution >= 0.6 is 0 Å². The standard InChI is InChI=1S/C19H27N3O5/c1-25-15-8-11(9-16(26-2)18(15)27-3)20-17(23)10-14-19(24)22-13-7-5-4-6-12(13)21-14/h8-9,12-14,21H,4-7,10H2,1-3H3,(H,20,23)(H,22,24)/t12-,13+,14+/m0/s1. The molecule has 8 nitrogen and oxygen atoms in total. The van der Waals surface area contributed by atoms with E-state index in [-0.39, 0.29) is 30.3 Å². The Morgan fingerprint density at radius 2 is 1.70 bits per heavy atom. The molecule has 2 fully saturated rings. The van der Waals surface area contributed by atoms with Crippen molar-refractivity contribution in [1.82, 2.24) is 10.6 Å². The van der Waals surface area contributed by atoms with E-state index in [1.165, 1.54) is 21.3 Å². The molecule has 1 aliphatic heterocycles. The third-order valence-electron chi connectivity index (χ3n) is 5.16. The van der Waals surface area contributed by atoms with E-state index in [0.29, 0.717) is 22.9 Å². The van der Waals surface area contributed by atoms with Crippen LogP contribution in [0.1, 0.15) is 32.1 Å². The van der Waals surface area contributed by atoms with E-state index in [4.69, 9.17) is 14.2 Å². The van der Waals surface area contributed by atoms with Crippen LogP contribution in [0.3, 0.4) is 0 Å². The minimum absolute atomic E-state index is 0.0612. The number of anilines is 1. The van der Waals surface area contributed by atoms with Crippen LogP contribution in [0.4, 0.5) is 5.69 Å². The Labute approximate surface area is 158 Å². The SMILES string of the molecule is COc1cc(NC(=O)C[C@H]2N[C@H]3CCCC[C@H]3NC2=O)cc(OC)c1OC. The quantitative estimate of drug-likeness (QED) is 0.694. The summed E-state index contributed by atoms with van der Waals surface area (Å²) in [6, 6.07) is 3.22. The number of methoxy groups -OCH3 is 3. The van der Waals surface area contributed by atoms with Crippen molar-refractivity contribution in [3.63, 3.8) is 0 Å². The molecule has 0 bridgehead atoms. The zero-order valence-electron chi connectivity index (χ0n) is 16.0. The van der Waals surface area contributed by atoms with Crippen LogP contribution in [0.25, 0.3) is 0 Å². The lowest BCUT2D eigenvalue weighted by molar-refractivity contribution is -0.129. The van der Waals surface area contributed by atoms with Crippen LogP contribution < -0.4 is 30.2 Å². The molecule has 1 saturated carbocycles. The van der Waals surface area contributed by atoms with Gasteiger partial charge in [0.2, 0.25) is 17.6 Å². The van der Waals surface area contributed by atoms with Gasteiger partial charge in [0.15, 0.2) is 11.5 Å². The Balaban J connectivity index is 1.66. The molecule has 1 aromatic carbocycles. The summed E-state index contributed by atoms with van der Waals surface area (Å²) < 4.78 is 15.9. The molecule has 0 unspecified atom stereocenters. The van der Waals surface area contributed by atoms with Crippen molar-refractivity contribution in [3.8, 4) is 17.2 Å². The maximum absolute atomic E-state index is 12.5. The summed E-state index contributed by atoms with van der Waals surface area (Å²) in [6.45, 7) is 0. The molecule has 148 valence electrons. The number of piperazine rings is 1. The largest absolute Gasteiger partial charge is 0.493 e. The van der Waals surface area contributed by atoms with Crippen molar-refractivity contribution in [2.45, 2.75) is 50.2 Å². The highest BCUT2D eigenvalue weighted by Crippen LogP contribution is 2.40. The first-order valence-electron chi connectivity index (χ1n) is 9.22. The first-order chi connectivity index (χ1) is 13.0. The van der Waals surface area contributed by atoms with E-state index in [2.05, 4.69) is 16.0 Å². The molecule has 3 N–H and O–H groups in total. The minimum atomic E-state index is -0.522. The molecular weight excluding hydrogens is 350 g/mol. The van der Waals surface area contributed by atoms with E-state index in [1.54, 1.807) is 12.1 Å². The van der Waals surface area contributed by atoms with Gasteiger partial charge in [0.1, 0.15) is 0 Å². The normalized spacial score (nSPS) is 24.4. The number of carbonyl (C=O) groups excluding carboxylic acids is 2. The highest BCUT2D eigenvalue weighted by atomic mass is 16.5. The summed E-state index contributed by atoms with van der Waals surface area (Å²) in [5.74, 6) is 0.982. The Bertz CT molecular complexity index is 684. The monoisotopic (exact) mass is 377 g/mol. The second-order valence-corrected chi connectivity index (χ2v) is 6.89. The van der Waals surface area contributed by atoms with Gasteiger partial charge in [0, 0.05) is 29.9 Å². The molecule has 2 aliphatic rings. The van der Waals surface area contributed by atoms with E-state index in [0.717, 1.165) is 25.7 Å². The molecule has 0 aromatic heterocycles. The molecule has 1 aromatic rings. The summed E-state index contributed by atoms with van der Waals surface area (Å²) in [6.07, 6.45) is 4.36. The van der Waals surface area contributed by atoms with E-state index in [9.17, 15) is 9.59 Å². The lowest BCUT2D eigenvalue weighted by Gasteiger charge is -2.40. The number of benzene rings is 1. The summed E-state index contributed by atoms with van der Waals surface area (Å²) in [7, 11) is 4.55. The topological polar surface area (TPSA) is 97.9 Å². The molecule has 1 aliphatic carbocycles. The molecule has 2 amide bonds. The van der Waals surface area contributed by atoms with E-state index < -0.39 is 6.04 Å². The molecule has 3 atom stereocenters. The average molecular weight is 377 g/mol. The van der Waals surface area contributed by atoms with Crippen molar-refractivity contribution in [2.24, 2.45) is 0 Å². The van der Waals surface area contributed by atoms with Crippen LogP contribution in [0.2, 0.25) is 0 Å². The van der Waals surface area contributed by atoms with Gasteiger partial charge in [-0.25, -0.2) is 0 Å². The fraction of sp³-hybridized carbons (Fsp3) is 0.579. The van der Waals surface area contributed by atoms with Crippen LogP contribution in [-0.2, 0) is 9.59 Å². The number of rotatable bonds is 6.